The molecule has 1 unspecified atom stereocenters. The van der Waals surface area contributed by atoms with Crippen LogP contribution in [0, 0.1) is 0 Å². The van der Waals surface area contributed by atoms with Gasteiger partial charge in [0, 0.05) is 11.7 Å². The van der Waals surface area contributed by atoms with Gasteiger partial charge in [-0.05, 0) is 48.6 Å². The van der Waals surface area contributed by atoms with Gasteiger partial charge in [0.15, 0.2) is 11.6 Å². The first kappa shape index (κ1) is 14.8. The summed E-state index contributed by atoms with van der Waals surface area (Å²) in [6.45, 7) is 2.17. The number of carbonyl (C=O) groups is 1. The van der Waals surface area contributed by atoms with E-state index in [-0.39, 0.29) is 5.91 Å². The standard InChI is InChI=1S/C18H16N4OS/c1-12-11-13-5-2-3-6-14(13)22(12)17-9-8-16(20-21-17)19-18(23)15-7-4-10-24-15/h2-10,12H,11H2,1H3,(H,19,20,23). The number of nitrogens with zero attached hydrogens (tertiary/aromatic N) is 3. The molecule has 2 aromatic heterocycles. The van der Waals surface area contributed by atoms with Gasteiger partial charge in [-0.25, -0.2) is 0 Å². The van der Waals surface area contributed by atoms with Gasteiger partial charge in [-0.15, -0.1) is 21.5 Å². The number of nitrogens with one attached hydrogen (secondary N) is 1. The number of para-hydroxylation sites is 1. The molecule has 0 saturated heterocycles. The maximum Gasteiger partial charge on any atom is 0.266 e. The van der Waals surface area contributed by atoms with E-state index in [1.54, 1.807) is 12.1 Å². The lowest BCUT2D eigenvalue weighted by Crippen LogP contribution is -2.25. The first-order valence-electron chi connectivity index (χ1n) is 7.78. The minimum atomic E-state index is -0.160. The van der Waals surface area contributed by atoms with Crippen LogP contribution < -0.4 is 10.2 Å². The third kappa shape index (κ3) is 2.65. The van der Waals surface area contributed by atoms with E-state index in [1.807, 2.05) is 23.6 Å². The van der Waals surface area contributed by atoms with Crippen molar-refractivity contribution in [3.63, 3.8) is 0 Å². The third-order valence-corrected chi connectivity index (χ3v) is 4.96. The van der Waals surface area contributed by atoms with Crippen LogP contribution in [0.15, 0.2) is 53.9 Å². The fourth-order valence-electron chi connectivity index (χ4n) is 3.02. The molecule has 0 fully saturated rings. The Hall–Kier alpha value is -2.73. The van der Waals surface area contributed by atoms with E-state index in [4.69, 9.17) is 0 Å². The Labute approximate surface area is 144 Å². The molecule has 0 radical (unpaired) electrons. The average Bonchev–Trinajstić information content (AvgIpc) is 3.23. The molecular formula is C18H16N4OS. The fourth-order valence-corrected chi connectivity index (χ4v) is 3.64. The van der Waals surface area contributed by atoms with E-state index in [0.717, 1.165) is 12.2 Å². The molecule has 1 aromatic carbocycles. The smallest absolute Gasteiger partial charge is 0.266 e. The molecule has 1 amide bonds. The summed E-state index contributed by atoms with van der Waals surface area (Å²) < 4.78 is 0. The number of aromatic nitrogens is 2. The number of thiophene rings is 1. The van der Waals surface area contributed by atoms with E-state index in [1.165, 1.54) is 22.6 Å². The quantitative estimate of drug-likeness (QED) is 0.789. The molecule has 0 aliphatic carbocycles. The summed E-state index contributed by atoms with van der Waals surface area (Å²) in [5.74, 6) is 1.09. The van der Waals surface area contributed by atoms with Crippen molar-refractivity contribution < 1.29 is 4.79 Å². The van der Waals surface area contributed by atoms with E-state index >= 15 is 0 Å². The monoisotopic (exact) mass is 336 g/mol. The van der Waals surface area contributed by atoms with Crippen molar-refractivity contribution in [1.29, 1.82) is 0 Å². The van der Waals surface area contributed by atoms with E-state index in [9.17, 15) is 4.79 Å². The summed E-state index contributed by atoms with van der Waals surface area (Å²) in [4.78, 5) is 14.9. The van der Waals surface area contributed by atoms with Crippen LogP contribution in [0.5, 0.6) is 0 Å². The summed E-state index contributed by atoms with van der Waals surface area (Å²) >= 11 is 1.40. The zero-order valence-corrected chi connectivity index (χ0v) is 14.0. The predicted octanol–water partition coefficient (Wildman–Crippen LogP) is 3.87. The number of benzene rings is 1. The molecule has 4 rings (SSSR count). The molecular weight excluding hydrogens is 320 g/mol. The first-order chi connectivity index (χ1) is 11.7. The summed E-state index contributed by atoms with van der Waals surface area (Å²) in [5, 5.41) is 13.1. The molecule has 6 heteroatoms. The van der Waals surface area contributed by atoms with Crippen LogP contribution in [0.1, 0.15) is 22.2 Å². The summed E-state index contributed by atoms with van der Waals surface area (Å²) in [6.07, 6.45) is 0.995. The van der Waals surface area contributed by atoms with E-state index in [2.05, 4.69) is 45.5 Å². The number of rotatable bonds is 3. The molecule has 1 aliphatic heterocycles. The molecule has 3 heterocycles. The van der Waals surface area contributed by atoms with Gasteiger partial charge in [-0.2, -0.15) is 0 Å². The van der Waals surface area contributed by atoms with Crippen molar-refractivity contribution in [1.82, 2.24) is 10.2 Å². The van der Waals surface area contributed by atoms with Crippen LogP contribution in [0.25, 0.3) is 0 Å². The lowest BCUT2D eigenvalue weighted by Gasteiger charge is -2.23. The SMILES string of the molecule is CC1Cc2ccccc2N1c1ccc(NC(=O)c2cccs2)nn1. The fraction of sp³-hybridized carbons (Fsp3) is 0.167. The zero-order chi connectivity index (χ0) is 16.5. The highest BCUT2D eigenvalue weighted by molar-refractivity contribution is 7.12. The Bertz CT molecular complexity index is 861. The lowest BCUT2D eigenvalue weighted by molar-refractivity contribution is 0.103. The minimum absolute atomic E-state index is 0.160. The Morgan fingerprint density at radius 2 is 2.04 bits per heavy atom. The van der Waals surface area contributed by atoms with Crippen LogP contribution >= 0.6 is 11.3 Å². The Balaban J connectivity index is 1.55. The number of amides is 1. The highest BCUT2D eigenvalue weighted by Gasteiger charge is 2.27. The van der Waals surface area contributed by atoms with Gasteiger partial charge in [-0.1, -0.05) is 24.3 Å². The molecule has 1 N–H and O–H groups in total. The van der Waals surface area contributed by atoms with Crippen molar-refractivity contribution >= 4 is 34.6 Å². The molecule has 0 spiro atoms. The molecule has 120 valence electrons. The molecule has 24 heavy (non-hydrogen) atoms. The number of carbonyl (C=O) groups excluding carboxylic acids is 1. The minimum Gasteiger partial charge on any atom is -0.321 e. The van der Waals surface area contributed by atoms with Crippen LogP contribution in [0.4, 0.5) is 17.3 Å². The van der Waals surface area contributed by atoms with Crippen LogP contribution in [-0.4, -0.2) is 22.1 Å². The number of anilines is 3. The van der Waals surface area contributed by atoms with Crippen LogP contribution in [-0.2, 0) is 6.42 Å². The third-order valence-electron chi connectivity index (χ3n) is 4.09. The largest absolute Gasteiger partial charge is 0.321 e. The normalized spacial score (nSPS) is 16.0. The molecule has 0 bridgehead atoms. The first-order valence-corrected chi connectivity index (χ1v) is 8.66. The van der Waals surface area contributed by atoms with Gasteiger partial charge in [0.05, 0.1) is 4.88 Å². The van der Waals surface area contributed by atoms with Gasteiger partial charge in [-0.3, -0.25) is 4.79 Å². The van der Waals surface area contributed by atoms with Crippen molar-refractivity contribution in [2.24, 2.45) is 0 Å². The average molecular weight is 336 g/mol. The van der Waals surface area contributed by atoms with Gasteiger partial charge >= 0.3 is 0 Å². The molecule has 0 saturated carbocycles. The lowest BCUT2D eigenvalue weighted by atomic mass is 10.1. The highest BCUT2D eigenvalue weighted by atomic mass is 32.1. The van der Waals surface area contributed by atoms with Gasteiger partial charge < -0.3 is 10.2 Å². The zero-order valence-electron chi connectivity index (χ0n) is 13.1. The number of hydrogen-bond acceptors (Lipinski definition) is 5. The van der Waals surface area contributed by atoms with Gasteiger partial charge in [0.2, 0.25) is 0 Å². The maximum atomic E-state index is 12.1. The van der Waals surface area contributed by atoms with Crippen LogP contribution in [0.3, 0.4) is 0 Å². The topological polar surface area (TPSA) is 58.1 Å². The molecule has 3 aromatic rings. The summed E-state index contributed by atoms with van der Waals surface area (Å²) in [5.41, 5.74) is 2.50. The van der Waals surface area contributed by atoms with Crippen molar-refractivity contribution in [2.45, 2.75) is 19.4 Å². The number of hydrogen-bond donors (Lipinski definition) is 1. The highest BCUT2D eigenvalue weighted by Crippen LogP contribution is 2.36. The van der Waals surface area contributed by atoms with E-state index in [0.29, 0.717) is 16.7 Å². The van der Waals surface area contributed by atoms with E-state index < -0.39 is 0 Å². The molecule has 1 atom stereocenters. The van der Waals surface area contributed by atoms with Gasteiger partial charge in [0.1, 0.15) is 0 Å². The Morgan fingerprint density at radius 1 is 1.17 bits per heavy atom. The second-order valence-corrected chi connectivity index (χ2v) is 6.71. The molecule has 1 aliphatic rings. The second kappa shape index (κ2) is 6.05. The predicted molar refractivity (Wildman–Crippen MR) is 96.1 cm³/mol. The number of fused-ring (bicyclic) bond motifs is 1. The summed E-state index contributed by atoms with van der Waals surface area (Å²) in [7, 11) is 0. The maximum absolute atomic E-state index is 12.1. The Kier molecular flexibility index (Phi) is 3.74. The van der Waals surface area contributed by atoms with Crippen LogP contribution in [0.2, 0.25) is 0 Å². The van der Waals surface area contributed by atoms with Crippen molar-refractivity contribution in [3.8, 4) is 0 Å². The second-order valence-electron chi connectivity index (χ2n) is 5.76. The van der Waals surface area contributed by atoms with Gasteiger partial charge in [0.25, 0.3) is 5.91 Å². The Morgan fingerprint density at radius 3 is 2.79 bits per heavy atom. The summed E-state index contributed by atoms with van der Waals surface area (Å²) in [6, 6.07) is 16.0. The molecule has 5 nitrogen and oxygen atoms in total. The van der Waals surface area contributed by atoms with Crippen molar-refractivity contribution in [3.05, 3.63) is 64.4 Å². The van der Waals surface area contributed by atoms with Crippen molar-refractivity contribution in [2.75, 3.05) is 10.2 Å².